The predicted molar refractivity (Wildman–Crippen MR) is 122 cm³/mol. The minimum Gasteiger partial charge on any atom is -0.380 e. The Bertz CT molecular complexity index is 1130. The topological polar surface area (TPSA) is 34.3 Å². The Balaban J connectivity index is 1.44. The number of rotatable bonds is 7. The normalized spacial score (nSPS) is 19.6. The molecule has 0 amide bonds. The highest BCUT2D eigenvalue weighted by molar-refractivity contribution is 5.85. The number of fused-ring (bicyclic) bond motifs is 3. The van der Waals surface area contributed by atoms with Crippen molar-refractivity contribution in [3.8, 4) is 0 Å². The van der Waals surface area contributed by atoms with Gasteiger partial charge in [-0.05, 0) is 55.3 Å². The van der Waals surface area contributed by atoms with Crippen molar-refractivity contribution in [2.24, 2.45) is 0 Å². The molecule has 0 bridgehead atoms. The Labute approximate surface area is 190 Å². The van der Waals surface area contributed by atoms with Crippen LogP contribution in [0.25, 0.3) is 10.9 Å². The van der Waals surface area contributed by atoms with Crippen molar-refractivity contribution in [2.45, 2.75) is 31.8 Å². The van der Waals surface area contributed by atoms with E-state index in [9.17, 15) is 8.78 Å². The summed E-state index contributed by atoms with van der Waals surface area (Å²) in [5.74, 6) is -1.56. The fourth-order valence-corrected chi connectivity index (χ4v) is 5.28. The van der Waals surface area contributed by atoms with Gasteiger partial charge < -0.3 is 10.3 Å². The lowest BCUT2D eigenvalue weighted by atomic mass is 9.91. The number of anilines is 1. The summed E-state index contributed by atoms with van der Waals surface area (Å²) >= 11 is 0. The molecule has 0 saturated carbocycles. The smallest absolute Gasteiger partial charge is 0.133 e. The van der Waals surface area contributed by atoms with Gasteiger partial charge in [-0.3, -0.25) is 14.2 Å². The Hall–Kier alpha value is -2.58. The van der Waals surface area contributed by atoms with Gasteiger partial charge in [0.2, 0.25) is 0 Å². The highest BCUT2D eigenvalue weighted by atomic mass is 19.1. The van der Waals surface area contributed by atoms with Gasteiger partial charge in [0.25, 0.3) is 0 Å². The molecule has 1 fully saturated rings. The number of aromatic nitrogens is 1. The third kappa shape index (κ3) is 4.10. The van der Waals surface area contributed by atoms with Gasteiger partial charge >= 0.3 is 0 Å². The summed E-state index contributed by atoms with van der Waals surface area (Å²) in [4.78, 5) is 7.40. The molecule has 0 spiro atoms. The summed E-state index contributed by atoms with van der Waals surface area (Å²) < 4.78 is 56.9. The average Bonchev–Trinajstić information content (AvgIpc) is 3.12. The Morgan fingerprint density at radius 2 is 1.85 bits per heavy atom. The number of benzene rings is 2. The number of hydrogen-bond acceptors (Lipinski definition) is 3. The van der Waals surface area contributed by atoms with Crippen LogP contribution in [0.5, 0.6) is 0 Å². The van der Waals surface area contributed by atoms with Crippen LogP contribution in [-0.2, 0) is 6.42 Å². The number of H-pyrrole nitrogens is 1. The molecular formula is C25H28F4N4. The van der Waals surface area contributed by atoms with Crippen LogP contribution in [0.4, 0.5) is 23.2 Å². The first kappa shape index (κ1) is 22.2. The fraction of sp³-hybridized carbons (Fsp3) is 0.440. The summed E-state index contributed by atoms with van der Waals surface area (Å²) in [6.45, 7) is 5.07. The Morgan fingerprint density at radius 1 is 1.09 bits per heavy atom. The zero-order valence-corrected chi connectivity index (χ0v) is 18.6. The van der Waals surface area contributed by atoms with Crippen molar-refractivity contribution >= 4 is 16.6 Å². The molecule has 1 saturated heterocycles. The molecule has 33 heavy (non-hydrogen) atoms. The Kier molecular flexibility index (Phi) is 6.05. The van der Waals surface area contributed by atoms with Crippen molar-refractivity contribution in [1.29, 1.82) is 0 Å². The van der Waals surface area contributed by atoms with Gasteiger partial charge in [-0.25, -0.2) is 13.2 Å². The van der Waals surface area contributed by atoms with E-state index in [1.54, 1.807) is 6.07 Å². The van der Waals surface area contributed by atoms with Crippen LogP contribution in [0.1, 0.15) is 36.2 Å². The first-order valence-electron chi connectivity index (χ1n) is 11.6. The van der Waals surface area contributed by atoms with Gasteiger partial charge in [-0.2, -0.15) is 0 Å². The van der Waals surface area contributed by atoms with Gasteiger partial charge in [-0.1, -0.05) is 6.92 Å². The van der Waals surface area contributed by atoms with Gasteiger partial charge in [0.1, 0.15) is 17.5 Å². The van der Waals surface area contributed by atoms with E-state index in [0.29, 0.717) is 37.3 Å². The molecule has 5 rings (SSSR count). The second-order valence-corrected chi connectivity index (χ2v) is 8.99. The minimum atomic E-state index is -0.608. The van der Waals surface area contributed by atoms with E-state index in [4.69, 9.17) is 0 Å². The van der Waals surface area contributed by atoms with Gasteiger partial charge in [0, 0.05) is 54.0 Å². The highest BCUT2D eigenvalue weighted by Gasteiger charge is 2.35. The van der Waals surface area contributed by atoms with Crippen LogP contribution in [0.3, 0.4) is 0 Å². The van der Waals surface area contributed by atoms with Crippen molar-refractivity contribution in [1.82, 2.24) is 14.8 Å². The van der Waals surface area contributed by atoms with Crippen molar-refractivity contribution in [2.75, 3.05) is 44.7 Å². The highest BCUT2D eigenvalue weighted by Crippen LogP contribution is 2.40. The lowest BCUT2D eigenvalue weighted by Gasteiger charge is -2.40. The summed E-state index contributed by atoms with van der Waals surface area (Å²) in [6, 6.07) is 6.76. The molecule has 3 aromatic rings. The number of aromatic amines is 1. The van der Waals surface area contributed by atoms with Crippen LogP contribution in [-0.4, -0.2) is 60.2 Å². The van der Waals surface area contributed by atoms with Crippen molar-refractivity contribution in [3.63, 3.8) is 0 Å². The molecule has 0 radical (unpaired) electrons. The van der Waals surface area contributed by atoms with Gasteiger partial charge in [0.15, 0.2) is 0 Å². The Morgan fingerprint density at radius 3 is 2.55 bits per heavy atom. The zero-order valence-electron chi connectivity index (χ0n) is 18.6. The number of nitrogens with one attached hydrogen (secondary N) is 2. The maximum absolute atomic E-state index is 15.4. The molecule has 0 aliphatic carbocycles. The molecule has 8 heteroatoms. The number of likely N-dealkylation sites (tertiary alicyclic amines) is 1. The van der Waals surface area contributed by atoms with E-state index in [0.717, 1.165) is 36.2 Å². The van der Waals surface area contributed by atoms with Crippen LogP contribution in [0.2, 0.25) is 0 Å². The van der Waals surface area contributed by atoms with Crippen molar-refractivity contribution < 1.29 is 17.6 Å². The molecule has 2 aromatic carbocycles. The zero-order chi connectivity index (χ0) is 23.1. The SMILES string of the molecule is CCN1CCc2c([nH]c3cc(F)ccc23)C1c1c(F)cc(NC2CN(CCCF)C2)cc1F. The van der Waals surface area contributed by atoms with E-state index in [-0.39, 0.29) is 24.1 Å². The monoisotopic (exact) mass is 460 g/mol. The molecule has 4 nitrogen and oxygen atoms in total. The fourth-order valence-electron chi connectivity index (χ4n) is 5.28. The number of halogens is 4. The number of alkyl halides is 1. The molecule has 3 heterocycles. The molecule has 1 aromatic heterocycles. The maximum atomic E-state index is 15.4. The van der Waals surface area contributed by atoms with E-state index < -0.39 is 17.7 Å². The van der Waals surface area contributed by atoms with Crippen LogP contribution in [0.15, 0.2) is 30.3 Å². The molecule has 1 unspecified atom stereocenters. The van der Waals surface area contributed by atoms with Gasteiger partial charge in [-0.15, -0.1) is 0 Å². The summed E-state index contributed by atoms with van der Waals surface area (Å²) in [5, 5.41) is 4.09. The second-order valence-electron chi connectivity index (χ2n) is 8.99. The minimum absolute atomic E-state index is 0.00793. The second kappa shape index (κ2) is 8.99. The molecular weight excluding hydrogens is 432 g/mol. The lowest BCUT2D eigenvalue weighted by molar-refractivity contribution is 0.155. The average molecular weight is 461 g/mol. The van der Waals surface area contributed by atoms with Crippen LogP contribution >= 0.6 is 0 Å². The molecule has 2 aliphatic rings. The standard InChI is InChI=1S/C25H28F4N4/c1-2-33-9-6-19-18-5-4-15(27)10-22(18)31-24(19)25(33)23-20(28)11-16(12-21(23)29)30-17-13-32(14-17)8-3-7-26/h4-5,10-12,17,25,30-31H,2-3,6-9,13-14H2,1H3. The van der Waals surface area contributed by atoms with Crippen LogP contribution in [0, 0.1) is 17.5 Å². The quantitative estimate of drug-likeness (QED) is 0.487. The van der Waals surface area contributed by atoms with E-state index >= 15 is 8.78 Å². The summed E-state index contributed by atoms with van der Waals surface area (Å²) in [7, 11) is 0. The summed E-state index contributed by atoms with van der Waals surface area (Å²) in [5.41, 5.74) is 2.77. The lowest BCUT2D eigenvalue weighted by Crippen LogP contribution is -2.54. The first-order valence-corrected chi connectivity index (χ1v) is 11.6. The van der Waals surface area contributed by atoms with Crippen LogP contribution < -0.4 is 5.32 Å². The first-order chi connectivity index (χ1) is 16.0. The summed E-state index contributed by atoms with van der Waals surface area (Å²) in [6.07, 6.45) is 1.23. The van der Waals surface area contributed by atoms with Gasteiger partial charge in [0.05, 0.1) is 18.8 Å². The number of hydrogen-bond donors (Lipinski definition) is 2. The molecule has 2 aliphatic heterocycles. The van der Waals surface area contributed by atoms with E-state index in [1.165, 1.54) is 24.3 Å². The largest absolute Gasteiger partial charge is 0.380 e. The molecule has 176 valence electrons. The molecule has 1 atom stereocenters. The van der Waals surface area contributed by atoms with E-state index in [1.807, 2.05) is 11.8 Å². The number of likely N-dealkylation sites (N-methyl/N-ethyl adjacent to an activating group) is 1. The third-order valence-corrected chi connectivity index (χ3v) is 6.88. The maximum Gasteiger partial charge on any atom is 0.133 e. The third-order valence-electron chi connectivity index (χ3n) is 6.88. The molecule has 2 N–H and O–H groups in total. The predicted octanol–water partition coefficient (Wildman–Crippen LogP) is 5.01. The van der Waals surface area contributed by atoms with E-state index in [2.05, 4.69) is 15.2 Å². The number of nitrogens with zero attached hydrogens (tertiary/aromatic N) is 2. The van der Waals surface area contributed by atoms with Crippen molar-refractivity contribution in [3.05, 3.63) is 64.6 Å².